The van der Waals surface area contributed by atoms with Crippen LogP contribution < -0.4 is 10.6 Å². The van der Waals surface area contributed by atoms with Gasteiger partial charge in [0.2, 0.25) is 0 Å². The van der Waals surface area contributed by atoms with Crippen molar-refractivity contribution in [3.8, 4) is 0 Å². The molecule has 8 nitrogen and oxygen atoms in total. The number of imide groups is 1. The lowest BCUT2D eigenvalue weighted by Gasteiger charge is -2.29. The molecule has 2 fully saturated rings. The van der Waals surface area contributed by atoms with E-state index in [1.165, 1.54) is 0 Å². The van der Waals surface area contributed by atoms with Crippen LogP contribution in [0.4, 0.5) is 4.79 Å². The van der Waals surface area contributed by atoms with E-state index >= 15 is 0 Å². The molecule has 1 aliphatic carbocycles. The van der Waals surface area contributed by atoms with Crippen LogP contribution in [0.2, 0.25) is 0 Å². The van der Waals surface area contributed by atoms with Gasteiger partial charge in [0.25, 0.3) is 11.1 Å². The standard InChI is InChI=1S/C20H22N6O2S/c27-19-17(29-20(28)26-19)8-16-5-6-23-18(25-16)7-13-1-3-15(4-2-13)24-11-14-9-21-12-22-10-14/h5-6,8-10,12-13,15,24H,1-4,7,11H2,(H,26,27,28)/b17-8-. The van der Waals surface area contributed by atoms with Crippen molar-refractivity contribution in [2.45, 2.75) is 44.7 Å². The van der Waals surface area contributed by atoms with Crippen molar-refractivity contribution < 1.29 is 9.59 Å². The summed E-state index contributed by atoms with van der Waals surface area (Å²) in [4.78, 5) is 40.4. The van der Waals surface area contributed by atoms with Gasteiger partial charge in [0.05, 0.1) is 10.6 Å². The highest BCUT2D eigenvalue weighted by molar-refractivity contribution is 8.18. The monoisotopic (exact) mass is 410 g/mol. The number of carbonyl (C=O) groups is 2. The fourth-order valence-corrected chi connectivity index (χ4v) is 4.33. The third kappa shape index (κ3) is 5.45. The fourth-order valence-electron chi connectivity index (χ4n) is 3.66. The SMILES string of the molecule is O=C1NC(=O)/C(=C/c2ccnc(CC3CCC(NCc4cncnc4)CC3)n2)S1. The number of hydrogen-bond donors (Lipinski definition) is 2. The summed E-state index contributed by atoms with van der Waals surface area (Å²) in [5.74, 6) is 0.974. The molecule has 1 aliphatic heterocycles. The van der Waals surface area contributed by atoms with E-state index in [9.17, 15) is 9.59 Å². The molecule has 0 spiro atoms. The van der Waals surface area contributed by atoms with E-state index in [1.54, 1.807) is 24.7 Å². The Morgan fingerprint density at radius 2 is 1.97 bits per heavy atom. The summed E-state index contributed by atoms with van der Waals surface area (Å²) >= 11 is 0.900. The predicted molar refractivity (Wildman–Crippen MR) is 109 cm³/mol. The van der Waals surface area contributed by atoms with Gasteiger partial charge in [-0.25, -0.2) is 19.9 Å². The van der Waals surface area contributed by atoms with E-state index in [2.05, 4.69) is 30.6 Å². The van der Waals surface area contributed by atoms with Crippen LogP contribution in [0, 0.1) is 5.92 Å². The molecule has 2 aromatic heterocycles. The number of aromatic nitrogens is 4. The average Bonchev–Trinajstić information content (AvgIpc) is 3.05. The van der Waals surface area contributed by atoms with Crippen LogP contribution in [0.3, 0.4) is 0 Å². The molecule has 1 saturated carbocycles. The molecule has 9 heteroatoms. The lowest BCUT2D eigenvalue weighted by molar-refractivity contribution is -0.115. The Hall–Kier alpha value is -2.65. The van der Waals surface area contributed by atoms with E-state index in [1.807, 2.05) is 12.4 Å². The van der Waals surface area contributed by atoms with Gasteiger partial charge in [-0.2, -0.15) is 0 Å². The normalized spacial score (nSPS) is 23.4. The number of amides is 2. The summed E-state index contributed by atoms with van der Waals surface area (Å²) in [5, 5.41) is 5.50. The summed E-state index contributed by atoms with van der Waals surface area (Å²) < 4.78 is 0. The number of nitrogens with zero attached hydrogens (tertiary/aromatic N) is 4. The zero-order valence-corrected chi connectivity index (χ0v) is 16.7. The van der Waals surface area contributed by atoms with Crippen LogP contribution in [-0.4, -0.2) is 37.1 Å². The second-order valence-electron chi connectivity index (χ2n) is 7.30. The number of thioether (sulfide) groups is 1. The summed E-state index contributed by atoms with van der Waals surface area (Å²) in [6.07, 6.45) is 13.9. The van der Waals surface area contributed by atoms with Crippen LogP contribution in [0.15, 0.2) is 35.9 Å². The smallest absolute Gasteiger partial charge is 0.290 e. The molecular weight excluding hydrogens is 388 g/mol. The zero-order valence-electron chi connectivity index (χ0n) is 15.9. The largest absolute Gasteiger partial charge is 0.310 e. The first kappa shape index (κ1) is 19.7. The van der Waals surface area contributed by atoms with Gasteiger partial charge in [-0.05, 0) is 55.5 Å². The van der Waals surface area contributed by atoms with Crippen LogP contribution in [0.1, 0.15) is 42.8 Å². The Morgan fingerprint density at radius 1 is 1.17 bits per heavy atom. The highest BCUT2D eigenvalue weighted by Gasteiger charge is 2.25. The minimum absolute atomic E-state index is 0.347. The maximum absolute atomic E-state index is 11.7. The molecule has 0 aromatic carbocycles. The summed E-state index contributed by atoms with van der Waals surface area (Å²) in [6.45, 7) is 0.796. The van der Waals surface area contributed by atoms with E-state index in [0.717, 1.165) is 61.8 Å². The van der Waals surface area contributed by atoms with Crippen molar-refractivity contribution >= 4 is 29.0 Å². The molecule has 150 valence electrons. The van der Waals surface area contributed by atoms with Crippen molar-refractivity contribution in [1.29, 1.82) is 0 Å². The van der Waals surface area contributed by atoms with Gasteiger partial charge in [-0.1, -0.05) is 0 Å². The molecule has 2 N–H and O–H groups in total. The molecule has 2 amide bonds. The van der Waals surface area contributed by atoms with Crippen molar-refractivity contribution in [2.75, 3.05) is 0 Å². The fraction of sp³-hybridized carbons (Fsp3) is 0.400. The molecule has 0 unspecified atom stereocenters. The minimum atomic E-state index is -0.368. The van der Waals surface area contributed by atoms with Crippen molar-refractivity contribution in [2.24, 2.45) is 5.92 Å². The molecule has 1 saturated heterocycles. The van der Waals surface area contributed by atoms with Crippen LogP contribution in [-0.2, 0) is 17.8 Å². The third-order valence-corrected chi connectivity index (χ3v) is 5.99. The minimum Gasteiger partial charge on any atom is -0.310 e. The van der Waals surface area contributed by atoms with Crippen LogP contribution in [0.5, 0.6) is 0 Å². The van der Waals surface area contributed by atoms with Gasteiger partial charge >= 0.3 is 0 Å². The molecule has 2 aromatic rings. The van der Waals surface area contributed by atoms with E-state index in [4.69, 9.17) is 0 Å². The first-order valence-electron chi connectivity index (χ1n) is 9.70. The maximum Gasteiger partial charge on any atom is 0.290 e. The summed E-state index contributed by atoms with van der Waals surface area (Å²) in [7, 11) is 0. The van der Waals surface area contributed by atoms with Crippen molar-refractivity contribution in [3.63, 3.8) is 0 Å². The van der Waals surface area contributed by atoms with Gasteiger partial charge < -0.3 is 5.32 Å². The van der Waals surface area contributed by atoms with Crippen molar-refractivity contribution in [3.05, 3.63) is 53.0 Å². The van der Waals surface area contributed by atoms with E-state index in [0.29, 0.717) is 22.6 Å². The number of carbonyl (C=O) groups excluding carboxylic acids is 2. The van der Waals surface area contributed by atoms with Crippen LogP contribution >= 0.6 is 11.8 Å². The third-order valence-electron chi connectivity index (χ3n) is 5.17. The number of hydrogen-bond acceptors (Lipinski definition) is 8. The van der Waals surface area contributed by atoms with E-state index < -0.39 is 0 Å². The maximum atomic E-state index is 11.7. The van der Waals surface area contributed by atoms with Gasteiger partial charge in [-0.3, -0.25) is 14.9 Å². The number of nitrogens with one attached hydrogen (secondary N) is 2. The lowest BCUT2D eigenvalue weighted by Crippen LogP contribution is -2.33. The molecule has 2 aliphatic rings. The van der Waals surface area contributed by atoms with Gasteiger partial charge in [0.15, 0.2) is 0 Å². The Labute approximate surface area is 173 Å². The molecule has 4 rings (SSSR count). The Kier molecular flexibility index (Phi) is 6.26. The lowest BCUT2D eigenvalue weighted by atomic mass is 9.84. The highest BCUT2D eigenvalue weighted by Crippen LogP contribution is 2.28. The van der Waals surface area contributed by atoms with E-state index in [-0.39, 0.29) is 11.1 Å². The molecule has 29 heavy (non-hydrogen) atoms. The highest BCUT2D eigenvalue weighted by atomic mass is 32.2. The quantitative estimate of drug-likeness (QED) is 0.699. The first-order valence-corrected chi connectivity index (χ1v) is 10.5. The second-order valence-corrected chi connectivity index (χ2v) is 8.31. The molecule has 0 bridgehead atoms. The first-order chi connectivity index (χ1) is 14.2. The zero-order chi connectivity index (χ0) is 20.1. The molecule has 0 radical (unpaired) electrons. The van der Waals surface area contributed by atoms with Crippen LogP contribution in [0.25, 0.3) is 6.08 Å². The number of rotatable bonds is 6. The van der Waals surface area contributed by atoms with Gasteiger partial charge in [-0.15, -0.1) is 0 Å². The Bertz CT molecular complexity index is 912. The Morgan fingerprint density at radius 3 is 2.69 bits per heavy atom. The summed E-state index contributed by atoms with van der Waals surface area (Å²) in [6, 6.07) is 2.26. The molecule has 0 atom stereocenters. The van der Waals surface area contributed by atoms with Gasteiger partial charge in [0, 0.05) is 43.2 Å². The predicted octanol–water partition coefficient (Wildman–Crippen LogP) is 2.48. The topological polar surface area (TPSA) is 110 Å². The molecular formula is C20H22N6O2S. The second kappa shape index (κ2) is 9.23. The molecule has 3 heterocycles. The van der Waals surface area contributed by atoms with Gasteiger partial charge in [0.1, 0.15) is 12.2 Å². The Balaban J connectivity index is 1.28. The average molecular weight is 411 g/mol. The summed E-state index contributed by atoms with van der Waals surface area (Å²) in [5.41, 5.74) is 1.76. The van der Waals surface area contributed by atoms with Crippen molar-refractivity contribution in [1.82, 2.24) is 30.6 Å².